The zero-order valence-corrected chi connectivity index (χ0v) is 11.0. The third-order valence-corrected chi connectivity index (χ3v) is 3.70. The quantitative estimate of drug-likeness (QED) is 0.856. The summed E-state index contributed by atoms with van der Waals surface area (Å²) in [5.41, 5.74) is 1.45. The lowest BCUT2D eigenvalue weighted by molar-refractivity contribution is 0.126. The van der Waals surface area contributed by atoms with Gasteiger partial charge in [-0.1, -0.05) is 44.2 Å². The maximum Gasteiger partial charge on any atom is 0.0244 e. The predicted octanol–water partition coefficient (Wildman–Crippen LogP) is 2.16. The molecule has 1 atom stereocenters. The fourth-order valence-electron chi connectivity index (χ4n) is 2.62. The highest BCUT2D eigenvalue weighted by Crippen LogP contribution is 2.13. The molecule has 0 radical (unpaired) electrons. The van der Waals surface area contributed by atoms with Crippen molar-refractivity contribution in [1.82, 2.24) is 10.2 Å². The van der Waals surface area contributed by atoms with E-state index in [1.807, 2.05) is 0 Å². The molecule has 1 aliphatic rings. The predicted molar refractivity (Wildman–Crippen MR) is 73.2 cm³/mol. The Kier molecular flexibility index (Phi) is 4.57. The zero-order chi connectivity index (χ0) is 12.1. The Labute approximate surface area is 105 Å². The van der Waals surface area contributed by atoms with E-state index in [0.29, 0.717) is 6.04 Å². The Balaban J connectivity index is 1.88. The van der Waals surface area contributed by atoms with Gasteiger partial charge in [-0.3, -0.25) is 4.90 Å². The lowest BCUT2D eigenvalue weighted by Gasteiger charge is -2.38. The van der Waals surface area contributed by atoms with Crippen LogP contribution in [-0.4, -0.2) is 37.1 Å². The fraction of sp³-hybridized carbons (Fsp3) is 0.600. The standard InChI is InChI=1S/C15H24N2/c1-13(2)15-12-16-9-11-17(15)10-8-14-6-4-3-5-7-14/h3-7,13,15-16H,8-12H2,1-2H3. The van der Waals surface area contributed by atoms with Gasteiger partial charge < -0.3 is 5.32 Å². The molecule has 1 aliphatic heterocycles. The Morgan fingerprint density at radius 3 is 2.76 bits per heavy atom. The third-order valence-electron chi connectivity index (χ3n) is 3.70. The minimum atomic E-state index is 0.701. The van der Waals surface area contributed by atoms with Gasteiger partial charge in [0.2, 0.25) is 0 Å². The number of rotatable bonds is 4. The molecule has 1 saturated heterocycles. The van der Waals surface area contributed by atoms with Crippen LogP contribution in [0.3, 0.4) is 0 Å². The number of piperazine rings is 1. The van der Waals surface area contributed by atoms with Crippen LogP contribution in [0.25, 0.3) is 0 Å². The summed E-state index contributed by atoms with van der Waals surface area (Å²) in [5.74, 6) is 0.735. The molecule has 0 spiro atoms. The van der Waals surface area contributed by atoms with Crippen molar-refractivity contribution in [3.63, 3.8) is 0 Å². The van der Waals surface area contributed by atoms with E-state index in [1.165, 1.54) is 25.1 Å². The van der Waals surface area contributed by atoms with E-state index >= 15 is 0 Å². The van der Waals surface area contributed by atoms with Crippen LogP contribution in [0.2, 0.25) is 0 Å². The summed E-state index contributed by atoms with van der Waals surface area (Å²) >= 11 is 0. The molecule has 17 heavy (non-hydrogen) atoms. The van der Waals surface area contributed by atoms with Gasteiger partial charge in [0.05, 0.1) is 0 Å². The first kappa shape index (κ1) is 12.6. The number of nitrogens with zero attached hydrogens (tertiary/aromatic N) is 1. The Bertz CT molecular complexity index is 321. The van der Waals surface area contributed by atoms with Crippen LogP contribution in [0.1, 0.15) is 19.4 Å². The molecule has 1 heterocycles. The van der Waals surface area contributed by atoms with Crippen LogP contribution in [0.4, 0.5) is 0 Å². The van der Waals surface area contributed by atoms with E-state index in [2.05, 4.69) is 54.4 Å². The van der Waals surface area contributed by atoms with Crippen molar-refractivity contribution in [1.29, 1.82) is 0 Å². The van der Waals surface area contributed by atoms with E-state index in [4.69, 9.17) is 0 Å². The first-order chi connectivity index (χ1) is 8.27. The normalized spacial score (nSPS) is 21.9. The van der Waals surface area contributed by atoms with Crippen LogP contribution < -0.4 is 5.32 Å². The Morgan fingerprint density at radius 2 is 2.06 bits per heavy atom. The molecule has 2 nitrogen and oxygen atoms in total. The summed E-state index contributed by atoms with van der Waals surface area (Å²) in [5, 5.41) is 3.50. The second-order valence-corrected chi connectivity index (χ2v) is 5.29. The molecule has 0 amide bonds. The maximum absolute atomic E-state index is 3.50. The molecule has 2 heteroatoms. The lowest BCUT2D eigenvalue weighted by atomic mass is 10.00. The van der Waals surface area contributed by atoms with E-state index in [-0.39, 0.29) is 0 Å². The highest BCUT2D eigenvalue weighted by atomic mass is 15.2. The minimum Gasteiger partial charge on any atom is -0.314 e. The molecule has 1 unspecified atom stereocenters. The summed E-state index contributed by atoms with van der Waals surface area (Å²) in [6.45, 7) is 9.31. The summed E-state index contributed by atoms with van der Waals surface area (Å²) in [7, 11) is 0. The average Bonchev–Trinajstić information content (AvgIpc) is 2.38. The zero-order valence-electron chi connectivity index (χ0n) is 11.0. The fourth-order valence-corrected chi connectivity index (χ4v) is 2.62. The van der Waals surface area contributed by atoms with Crippen LogP contribution in [0, 0.1) is 5.92 Å². The summed E-state index contributed by atoms with van der Waals surface area (Å²) in [4.78, 5) is 2.65. The molecule has 94 valence electrons. The van der Waals surface area contributed by atoms with Gasteiger partial charge in [-0.25, -0.2) is 0 Å². The van der Waals surface area contributed by atoms with Crippen LogP contribution in [0.5, 0.6) is 0 Å². The molecule has 1 aromatic carbocycles. The molecule has 0 aliphatic carbocycles. The van der Waals surface area contributed by atoms with Crippen molar-refractivity contribution in [3.05, 3.63) is 35.9 Å². The van der Waals surface area contributed by atoms with E-state index in [0.717, 1.165) is 19.0 Å². The second-order valence-electron chi connectivity index (χ2n) is 5.29. The molecule has 0 aromatic heterocycles. The monoisotopic (exact) mass is 232 g/mol. The molecule has 1 aromatic rings. The van der Waals surface area contributed by atoms with Crippen molar-refractivity contribution in [3.8, 4) is 0 Å². The van der Waals surface area contributed by atoms with Gasteiger partial charge in [0, 0.05) is 32.2 Å². The molecule has 0 bridgehead atoms. The second kappa shape index (κ2) is 6.18. The van der Waals surface area contributed by atoms with Crippen molar-refractivity contribution in [2.24, 2.45) is 5.92 Å². The molecule has 1 fully saturated rings. The average molecular weight is 232 g/mol. The minimum absolute atomic E-state index is 0.701. The van der Waals surface area contributed by atoms with E-state index < -0.39 is 0 Å². The topological polar surface area (TPSA) is 15.3 Å². The largest absolute Gasteiger partial charge is 0.314 e. The number of hydrogen-bond donors (Lipinski definition) is 1. The van der Waals surface area contributed by atoms with Crippen LogP contribution >= 0.6 is 0 Å². The first-order valence-electron chi connectivity index (χ1n) is 6.76. The summed E-state index contributed by atoms with van der Waals surface area (Å²) in [6, 6.07) is 11.5. The van der Waals surface area contributed by atoms with E-state index in [9.17, 15) is 0 Å². The molecular formula is C15H24N2. The number of hydrogen-bond acceptors (Lipinski definition) is 2. The smallest absolute Gasteiger partial charge is 0.0244 e. The van der Waals surface area contributed by atoms with Crippen molar-refractivity contribution >= 4 is 0 Å². The maximum atomic E-state index is 3.50. The van der Waals surface area contributed by atoms with Crippen molar-refractivity contribution in [2.75, 3.05) is 26.2 Å². The number of nitrogens with one attached hydrogen (secondary N) is 1. The highest BCUT2D eigenvalue weighted by molar-refractivity contribution is 5.14. The van der Waals surface area contributed by atoms with Crippen molar-refractivity contribution < 1.29 is 0 Å². The van der Waals surface area contributed by atoms with Gasteiger partial charge in [0.1, 0.15) is 0 Å². The molecule has 1 N–H and O–H groups in total. The van der Waals surface area contributed by atoms with Crippen molar-refractivity contribution in [2.45, 2.75) is 26.3 Å². The summed E-state index contributed by atoms with van der Waals surface area (Å²) < 4.78 is 0. The van der Waals surface area contributed by atoms with Gasteiger partial charge in [0.15, 0.2) is 0 Å². The van der Waals surface area contributed by atoms with Gasteiger partial charge in [-0.15, -0.1) is 0 Å². The van der Waals surface area contributed by atoms with Gasteiger partial charge in [0.25, 0.3) is 0 Å². The van der Waals surface area contributed by atoms with E-state index in [1.54, 1.807) is 0 Å². The molecular weight excluding hydrogens is 208 g/mol. The Morgan fingerprint density at radius 1 is 1.29 bits per heavy atom. The number of benzene rings is 1. The summed E-state index contributed by atoms with van der Waals surface area (Å²) in [6.07, 6.45) is 1.17. The Hall–Kier alpha value is -0.860. The highest BCUT2D eigenvalue weighted by Gasteiger charge is 2.24. The molecule has 2 rings (SSSR count). The van der Waals surface area contributed by atoms with Gasteiger partial charge in [-0.2, -0.15) is 0 Å². The van der Waals surface area contributed by atoms with Gasteiger partial charge >= 0.3 is 0 Å². The lowest BCUT2D eigenvalue weighted by Crippen LogP contribution is -2.53. The third kappa shape index (κ3) is 3.55. The van der Waals surface area contributed by atoms with Crippen LogP contribution in [-0.2, 0) is 6.42 Å². The van der Waals surface area contributed by atoms with Gasteiger partial charge in [-0.05, 0) is 17.9 Å². The SMILES string of the molecule is CC(C)C1CNCCN1CCc1ccccc1. The molecule has 0 saturated carbocycles. The first-order valence-corrected chi connectivity index (χ1v) is 6.76. The van der Waals surface area contributed by atoms with Crippen LogP contribution in [0.15, 0.2) is 30.3 Å².